The monoisotopic (exact) mass is 261 g/mol. The fourth-order valence-corrected chi connectivity index (χ4v) is 2.55. The van der Waals surface area contributed by atoms with E-state index in [9.17, 15) is 4.39 Å². The lowest BCUT2D eigenvalue weighted by Gasteiger charge is -2.19. The van der Waals surface area contributed by atoms with Gasteiger partial charge in [0.15, 0.2) is 5.96 Å². The molecule has 2 saturated carbocycles. The van der Waals surface area contributed by atoms with Gasteiger partial charge in [0.2, 0.25) is 0 Å². The van der Waals surface area contributed by atoms with Gasteiger partial charge in [0, 0.05) is 18.5 Å². The van der Waals surface area contributed by atoms with E-state index in [1.165, 1.54) is 18.9 Å². The van der Waals surface area contributed by atoms with Gasteiger partial charge >= 0.3 is 0 Å². The molecule has 1 aromatic carbocycles. The van der Waals surface area contributed by atoms with E-state index in [1.807, 2.05) is 24.1 Å². The summed E-state index contributed by atoms with van der Waals surface area (Å²) in [6.45, 7) is 0.594. The van der Waals surface area contributed by atoms with Gasteiger partial charge in [-0.1, -0.05) is 18.2 Å². The summed E-state index contributed by atoms with van der Waals surface area (Å²) in [6, 6.07) is 7.58. The van der Waals surface area contributed by atoms with Crippen LogP contribution in [0.5, 0.6) is 0 Å². The van der Waals surface area contributed by atoms with Gasteiger partial charge in [-0.3, -0.25) is 4.99 Å². The van der Waals surface area contributed by atoms with Gasteiger partial charge in [-0.2, -0.15) is 0 Å². The number of nitrogens with zero attached hydrogens (tertiary/aromatic N) is 2. The molecule has 3 nitrogen and oxygen atoms in total. The van der Waals surface area contributed by atoms with Crippen LogP contribution >= 0.6 is 0 Å². The summed E-state index contributed by atoms with van der Waals surface area (Å²) in [5, 5.41) is 0. The highest BCUT2D eigenvalue weighted by molar-refractivity contribution is 5.78. The first-order valence-corrected chi connectivity index (χ1v) is 6.90. The van der Waals surface area contributed by atoms with Crippen molar-refractivity contribution in [1.29, 1.82) is 0 Å². The predicted octanol–water partition coefficient (Wildman–Crippen LogP) is 2.27. The summed E-state index contributed by atoms with van der Waals surface area (Å²) in [6.07, 6.45) is 4.39. The molecule has 0 bridgehead atoms. The molecule has 2 N–H and O–H groups in total. The van der Waals surface area contributed by atoms with Crippen LogP contribution in [0.25, 0.3) is 0 Å². The van der Waals surface area contributed by atoms with Crippen LogP contribution in [-0.2, 0) is 5.41 Å². The maximum atomic E-state index is 13.9. The second-order valence-corrected chi connectivity index (χ2v) is 5.78. The molecule has 2 aliphatic rings. The Hall–Kier alpha value is -1.58. The fourth-order valence-electron chi connectivity index (χ4n) is 2.55. The largest absolute Gasteiger partial charge is 0.370 e. The molecule has 0 atom stereocenters. The Morgan fingerprint density at radius 1 is 1.42 bits per heavy atom. The van der Waals surface area contributed by atoms with Crippen molar-refractivity contribution in [2.45, 2.75) is 37.1 Å². The van der Waals surface area contributed by atoms with Crippen LogP contribution < -0.4 is 5.73 Å². The van der Waals surface area contributed by atoms with Gasteiger partial charge in [-0.15, -0.1) is 0 Å². The van der Waals surface area contributed by atoms with Crippen LogP contribution in [0, 0.1) is 5.82 Å². The van der Waals surface area contributed by atoms with Crippen LogP contribution in [0.2, 0.25) is 0 Å². The molecule has 0 aliphatic heterocycles. The van der Waals surface area contributed by atoms with Crippen LogP contribution in [0.15, 0.2) is 29.3 Å². The average molecular weight is 261 g/mol. The Morgan fingerprint density at radius 2 is 2.11 bits per heavy atom. The molecule has 0 saturated heterocycles. The molecular weight excluding hydrogens is 241 g/mol. The molecule has 0 unspecified atom stereocenters. The third-order valence-corrected chi connectivity index (χ3v) is 4.30. The zero-order valence-corrected chi connectivity index (χ0v) is 11.3. The van der Waals surface area contributed by atoms with Crippen LogP contribution in [0.3, 0.4) is 0 Å². The van der Waals surface area contributed by atoms with E-state index in [4.69, 9.17) is 5.73 Å². The number of aliphatic imine (C=N–C) groups is 1. The first kappa shape index (κ1) is 12.5. The zero-order valence-electron chi connectivity index (χ0n) is 11.3. The molecule has 1 aromatic rings. The van der Waals surface area contributed by atoms with Gasteiger partial charge in [0.1, 0.15) is 5.82 Å². The lowest BCUT2D eigenvalue weighted by molar-refractivity contribution is 0.484. The topological polar surface area (TPSA) is 41.6 Å². The fraction of sp³-hybridized carbons (Fsp3) is 0.533. The Labute approximate surface area is 113 Å². The number of nitrogens with two attached hydrogens (primary N) is 1. The highest BCUT2D eigenvalue weighted by Gasteiger charge is 2.45. The minimum absolute atomic E-state index is 0.111. The maximum absolute atomic E-state index is 13.9. The van der Waals surface area contributed by atoms with Gasteiger partial charge in [0.25, 0.3) is 0 Å². The Bertz CT molecular complexity index is 504. The molecule has 2 fully saturated rings. The first-order valence-electron chi connectivity index (χ1n) is 6.90. The number of halogens is 1. The van der Waals surface area contributed by atoms with Crippen LogP contribution in [-0.4, -0.2) is 30.5 Å². The normalized spacial score (nSPS) is 21.3. The molecule has 2 aliphatic carbocycles. The van der Waals surface area contributed by atoms with Gasteiger partial charge < -0.3 is 10.6 Å². The van der Waals surface area contributed by atoms with E-state index >= 15 is 0 Å². The highest BCUT2D eigenvalue weighted by Crippen LogP contribution is 2.49. The SMILES string of the molecule is CN(C(N)=NCC1(c2ccccc2F)CC1)C1CC1. The summed E-state index contributed by atoms with van der Waals surface area (Å²) < 4.78 is 13.9. The summed E-state index contributed by atoms with van der Waals surface area (Å²) in [4.78, 5) is 6.53. The summed E-state index contributed by atoms with van der Waals surface area (Å²) >= 11 is 0. The van der Waals surface area contributed by atoms with Gasteiger partial charge in [0.05, 0.1) is 6.54 Å². The van der Waals surface area contributed by atoms with Crippen molar-refractivity contribution in [3.8, 4) is 0 Å². The molecular formula is C15H20FN3. The van der Waals surface area contributed by atoms with Crippen molar-refractivity contribution in [3.63, 3.8) is 0 Å². The highest BCUT2D eigenvalue weighted by atomic mass is 19.1. The maximum Gasteiger partial charge on any atom is 0.191 e. The minimum Gasteiger partial charge on any atom is -0.370 e. The molecule has 3 rings (SSSR count). The lowest BCUT2D eigenvalue weighted by Crippen LogP contribution is -2.36. The van der Waals surface area contributed by atoms with Crippen molar-refractivity contribution in [1.82, 2.24) is 4.90 Å². The van der Waals surface area contributed by atoms with Crippen molar-refractivity contribution in [2.24, 2.45) is 10.7 Å². The Morgan fingerprint density at radius 3 is 2.68 bits per heavy atom. The quantitative estimate of drug-likeness (QED) is 0.667. The summed E-state index contributed by atoms with van der Waals surface area (Å²) in [5.74, 6) is 0.467. The standard InChI is InChI=1S/C15H20FN3/c1-19(11-6-7-11)14(17)18-10-15(8-9-15)12-4-2-3-5-13(12)16/h2-5,11H,6-10H2,1H3,(H2,17,18). The second-order valence-electron chi connectivity index (χ2n) is 5.78. The zero-order chi connectivity index (χ0) is 13.5. The average Bonchev–Trinajstić information content (AvgIpc) is 3.28. The number of hydrogen-bond acceptors (Lipinski definition) is 1. The Kier molecular flexibility index (Phi) is 2.96. The molecule has 4 heteroatoms. The summed E-state index contributed by atoms with van der Waals surface area (Å²) in [7, 11) is 1.99. The molecule has 0 heterocycles. The van der Waals surface area contributed by atoms with Crippen molar-refractivity contribution in [3.05, 3.63) is 35.6 Å². The Balaban J connectivity index is 1.72. The molecule has 0 spiro atoms. The minimum atomic E-state index is -0.121. The number of rotatable bonds is 4. The van der Waals surface area contributed by atoms with Crippen LogP contribution in [0.1, 0.15) is 31.2 Å². The summed E-state index contributed by atoms with van der Waals surface area (Å²) in [5.41, 5.74) is 6.67. The van der Waals surface area contributed by atoms with Crippen molar-refractivity contribution in [2.75, 3.05) is 13.6 Å². The van der Waals surface area contributed by atoms with E-state index in [1.54, 1.807) is 6.07 Å². The third kappa shape index (κ3) is 2.44. The number of guanidine groups is 1. The predicted molar refractivity (Wildman–Crippen MR) is 74.6 cm³/mol. The van der Waals surface area contributed by atoms with Gasteiger partial charge in [-0.05, 0) is 37.3 Å². The van der Waals surface area contributed by atoms with E-state index in [2.05, 4.69) is 4.99 Å². The van der Waals surface area contributed by atoms with E-state index < -0.39 is 0 Å². The molecule has 0 amide bonds. The van der Waals surface area contributed by atoms with E-state index in [0.29, 0.717) is 18.5 Å². The number of benzene rings is 1. The molecule has 102 valence electrons. The van der Waals surface area contributed by atoms with Crippen molar-refractivity contribution < 1.29 is 4.39 Å². The van der Waals surface area contributed by atoms with Crippen molar-refractivity contribution >= 4 is 5.96 Å². The second kappa shape index (κ2) is 4.51. The van der Waals surface area contributed by atoms with Gasteiger partial charge in [-0.25, -0.2) is 4.39 Å². The first-order chi connectivity index (χ1) is 9.12. The molecule has 0 radical (unpaired) electrons. The lowest BCUT2D eigenvalue weighted by atomic mass is 9.95. The molecule has 0 aromatic heterocycles. The molecule has 19 heavy (non-hydrogen) atoms. The number of hydrogen-bond donors (Lipinski definition) is 1. The smallest absolute Gasteiger partial charge is 0.191 e. The third-order valence-electron chi connectivity index (χ3n) is 4.30. The van der Waals surface area contributed by atoms with E-state index in [-0.39, 0.29) is 11.2 Å². The van der Waals surface area contributed by atoms with E-state index in [0.717, 1.165) is 18.4 Å². The van der Waals surface area contributed by atoms with Crippen LogP contribution in [0.4, 0.5) is 4.39 Å².